The van der Waals surface area contributed by atoms with Gasteiger partial charge in [-0.05, 0) is 18.1 Å². The summed E-state index contributed by atoms with van der Waals surface area (Å²) < 4.78 is 27.0. The van der Waals surface area contributed by atoms with E-state index >= 15 is 0 Å². The van der Waals surface area contributed by atoms with Crippen molar-refractivity contribution >= 4 is 38.8 Å². The zero-order valence-corrected chi connectivity index (χ0v) is 12.2. The van der Waals surface area contributed by atoms with Gasteiger partial charge < -0.3 is 0 Å². The number of halogens is 1. The Labute approximate surface area is 114 Å². The highest BCUT2D eigenvalue weighted by atomic mass is 35.5. The van der Waals surface area contributed by atoms with E-state index in [-0.39, 0.29) is 15.9 Å². The monoisotopic (exact) mass is 305 g/mol. The average Bonchev–Trinajstić information content (AvgIpc) is 2.86. The fraction of sp³-hybridized carbons (Fsp3) is 0.300. The summed E-state index contributed by atoms with van der Waals surface area (Å²) in [6.45, 7) is 3.98. The Kier molecular flexibility index (Phi) is 3.65. The van der Waals surface area contributed by atoms with Gasteiger partial charge in [-0.15, -0.1) is 11.3 Å². The van der Waals surface area contributed by atoms with Crippen molar-refractivity contribution in [3.63, 3.8) is 0 Å². The smallest absolute Gasteiger partial charge is 0.272 e. The van der Waals surface area contributed by atoms with Crippen LogP contribution < -0.4 is 4.72 Å². The van der Waals surface area contributed by atoms with Crippen LogP contribution in [0.2, 0.25) is 4.34 Å². The minimum Gasteiger partial charge on any atom is -0.280 e. The van der Waals surface area contributed by atoms with E-state index in [4.69, 9.17) is 11.6 Å². The van der Waals surface area contributed by atoms with Crippen LogP contribution in [0.1, 0.15) is 25.5 Å². The number of aromatic amines is 1. The van der Waals surface area contributed by atoms with Crippen molar-refractivity contribution in [2.45, 2.75) is 24.0 Å². The maximum atomic E-state index is 12.0. The highest BCUT2D eigenvalue weighted by molar-refractivity contribution is 7.94. The van der Waals surface area contributed by atoms with Gasteiger partial charge in [-0.1, -0.05) is 25.4 Å². The van der Waals surface area contributed by atoms with Crippen LogP contribution in [0.5, 0.6) is 0 Å². The maximum Gasteiger partial charge on any atom is 0.272 e. The Morgan fingerprint density at radius 1 is 1.44 bits per heavy atom. The van der Waals surface area contributed by atoms with Crippen LogP contribution in [0.25, 0.3) is 0 Å². The van der Waals surface area contributed by atoms with Crippen LogP contribution in [-0.2, 0) is 10.0 Å². The summed E-state index contributed by atoms with van der Waals surface area (Å²) >= 11 is 6.72. The summed E-state index contributed by atoms with van der Waals surface area (Å²) in [6.07, 6.45) is 0. The predicted molar refractivity (Wildman–Crippen MR) is 72.8 cm³/mol. The van der Waals surface area contributed by atoms with Crippen LogP contribution in [-0.4, -0.2) is 18.6 Å². The fourth-order valence-corrected chi connectivity index (χ4v) is 3.79. The van der Waals surface area contributed by atoms with Gasteiger partial charge in [0, 0.05) is 11.8 Å². The number of hydrogen-bond acceptors (Lipinski definition) is 4. The summed E-state index contributed by atoms with van der Waals surface area (Å²) in [5.41, 5.74) is 0.872. The molecule has 0 radical (unpaired) electrons. The van der Waals surface area contributed by atoms with E-state index in [0.29, 0.717) is 4.34 Å². The minimum absolute atomic E-state index is 0.168. The number of nitrogens with one attached hydrogen (secondary N) is 2. The zero-order chi connectivity index (χ0) is 13.3. The van der Waals surface area contributed by atoms with Gasteiger partial charge in [-0.2, -0.15) is 5.10 Å². The van der Waals surface area contributed by atoms with E-state index in [9.17, 15) is 8.42 Å². The Morgan fingerprint density at radius 2 is 2.17 bits per heavy atom. The minimum atomic E-state index is -3.60. The fourth-order valence-electron chi connectivity index (χ4n) is 1.31. The largest absolute Gasteiger partial charge is 0.280 e. The Bertz CT molecular complexity index is 646. The normalized spacial score (nSPS) is 12.0. The van der Waals surface area contributed by atoms with E-state index in [1.54, 1.807) is 12.1 Å². The molecule has 2 rings (SSSR count). The molecule has 0 bridgehead atoms. The molecule has 2 aromatic rings. The summed E-state index contributed by atoms with van der Waals surface area (Å²) in [5.74, 6) is 0.537. The van der Waals surface area contributed by atoms with Crippen LogP contribution in [0.4, 0.5) is 5.82 Å². The third-order valence-electron chi connectivity index (χ3n) is 2.27. The van der Waals surface area contributed by atoms with Gasteiger partial charge in [-0.3, -0.25) is 9.82 Å². The molecule has 0 unspecified atom stereocenters. The number of H-pyrrole nitrogens is 1. The lowest BCUT2D eigenvalue weighted by Gasteiger charge is -2.01. The van der Waals surface area contributed by atoms with Crippen LogP contribution >= 0.6 is 22.9 Å². The van der Waals surface area contributed by atoms with Crippen molar-refractivity contribution in [1.82, 2.24) is 10.2 Å². The molecule has 8 heteroatoms. The Morgan fingerprint density at radius 3 is 2.67 bits per heavy atom. The van der Waals surface area contributed by atoms with Crippen LogP contribution in [0.15, 0.2) is 22.4 Å². The number of hydrogen-bond donors (Lipinski definition) is 2. The maximum absolute atomic E-state index is 12.0. The van der Waals surface area contributed by atoms with Crippen molar-refractivity contribution < 1.29 is 8.42 Å². The Hall–Kier alpha value is -1.05. The molecular formula is C10H12ClN3O2S2. The average molecular weight is 306 g/mol. The van der Waals surface area contributed by atoms with E-state index < -0.39 is 10.0 Å². The van der Waals surface area contributed by atoms with Gasteiger partial charge in [0.1, 0.15) is 4.21 Å². The molecule has 2 aromatic heterocycles. The second-order valence-corrected chi connectivity index (χ2v) is 7.65. The number of nitrogens with zero attached hydrogens (tertiary/aromatic N) is 1. The standard InChI is InChI=1S/C10H12ClN3O2S2/c1-6(2)7-5-9(13-12-7)14-18(15,16)10-4-3-8(11)17-10/h3-6H,1-2H3,(H2,12,13,14). The number of aromatic nitrogens is 2. The van der Waals surface area contributed by atoms with E-state index in [1.807, 2.05) is 13.8 Å². The van der Waals surface area contributed by atoms with Gasteiger partial charge in [0.2, 0.25) is 0 Å². The van der Waals surface area contributed by atoms with Crippen molar-refractivity contribution in [3.8, 4) is 0 Å². The van der Waals surface area contributed by atoms with Crippen molar-refractivity contribution in [1.29, 1.82) is 0 Å². The molecule has 0 spiro atoms. The summed E-state index contributed by atoms with van der Waals surface area (Å²) in [6, 6.07) is 4.69. The first-order valence-electron chi connectivity index (χ1n) is 5.22. The molecule has 2 heterocycles. The van der Waals surface area contributed by atoms with Gasteiger partial charge in [0.25, 0.3) is 10.0 Å². The van der Waals surface area contributed by atoms with Crippen molar-refractivity contribution in [3.05, 3.63) is 28.2 Å². The molecule has 0 saturated heterocycles. The van der Waals surface area contributed by atoms with E-state index in [0.717, 1.165) is 17.0 Å². The summed E-state index contributed by atoms with van der Waals surface area (Å²) in [7, 11) is -3.60. The molecule has 0 saturated carbocycles. The molecule has 18 heavy (non-hydrogen) atoms. The quantitative estimate of drug-likeness (QED) is 0.911. The Balaban J connectivity index is 2.22. The van der Waals surface area contributed by atoms with Gasteiger partial charge in [0.05, 0.1) is 4.34 Å². The number of sulfonamides is 1. The molecule has 2 N–H and O–H groups in total. The second-order valence-electron chi connectivity index (χ2n) is 4.03. The van der Waals surface area contributed by atoms with Crippen molar-refractivity contribution in [2.75, 3.05) is 4.72 Å². The lowest BCUT2D eigenvalue weighted by molar-refractivity contribution is 0.603. The van der Waals surface area contributed by atoms with Gasteiger partial charge in [0.15, 0.2) is 5.82 Å². The molecule has 98 valence electrons. The molecule has 0 atom stereocenters. The van der Waals surface area contributed by atoms with Crippen LogP contribution in [0.3, 0.4) is 0 Å². The molecule has 0 fully saturated rings. The number of rotatable bonds is 4. The predicted octanol–water partition coefficient (Wildman–Crippen LogP) is 3.05. The molecular weight excluding hydrogens is 294 g/mol. The SMILES string of the molecule is CC(C)c1cc(NS(=O)(=O)c2ccc(Cl)s2)n[nH]1. The molecule has 0 amide bonds. The lowest BCUT2D eigenvalue weighted by atomic mass is 10.1. The number of anilines is 1. The topological polar surface area (TPSA) is 74.8 Å². The molecule has 5 nitrogen and oxygen atoms in total. The number of thiophene rings is 1. The first-order valence-corrected chi connectivity index (χ1v) is 7.90. The van der Waals surface area contributed by atoms with E-state index in [2.05, 4.69) is 14.9 Å². The highest BCUT2D eigenvalue weighted by Crippen LogP contribution is 2.27. The van der Waals surface area contributed by atoms with Crippen LogP contribution in [0, 0.1) is 0 Å². The highest BCUT2D eigenvalue weighted by Gasteiger charge is 2.18. The molecule has 0 aliphatic carbocycles. The first-order chi connectivity index (χ1) is 8.38. The van der Waals surface area contributed by atoms with Gasteiger partial charge in [-0.25, -0.2) is 8.42 Å². The lowest BCUT2D eigenvalue weighted by Crippen LogP contribution is -2.11. The molecule has 0 aromatic carbocycles. The first kappa shape index (κ1) is 13.4. The third-order valence-corrected chi connectivity index (χ3v) is 5.35. The third kappa shape index (κ3) is 2.85. The molecule has 0 aliphatic heterocycles. The van der Waals surface area contributed by atoms with Crippen molar-refractivity contribution in [2.24, 2.45) is 0 Å². The summed E-state index contributed by atoms with van der Waals surface area (Å²) in [5, 5.41) is 6.70. The summed E-state index contributed by atoms with van der Waals surface area (Å²) in [4.78, 5) is 0. The van der Waals surface area contributed by atoms with E-state index in [1.165, 1.54) is 6.07 Å². The van der Waals surface area contributed by atoms with Gasteiger partial charge >= 0.3 is 0 Å². The second kappa shape index (κ2) is 4.91. The zero-order valence-electron chi connectivity index (χ0n) is 9.77. The molecule has 0 aliphatic rings.